The van der Waals surface area contributed by atoms with Crippen molar-refractivity contribution < 1.29 is 9.53 Å². The van der Waals surface area contributed by atoms with Gasteiger partial charge in [0.15, 0.2) is 0 Å². The van der Waals surface area contributed by atoms with Crippen molar-refractivity contribution in [3.8, 4) is 5.75 Å². The number of carbonyl (C=O) groups excluding carboxylic acids is 1. The van der Waals surface area contributed by atoms with E-state index in [0.29, 0.717) is 13.2 Å². The summed E-state index contributed by atoms with van der Waals surface area (Å²) in [6.45, 7) is 7.44. The minimum atomic E-state index is -0.139. The SMILES string of the molecule is CCOc1ccccc1/C=C/C(=O)NCc1ccc(N2CCC(C)CC2)nc1. The molecule has 1 N–H and O–H groups in total. The topological polar surface area (TPSA) is 54.5 Å². The van der Waals surface area contributed by atoms with E-state index < -0.39 is 0 Å². The van der Waals surface area contributed by atoms with Crippen LogP contribution in [-0.4, -0.2) is 30.6 Å². The molecule has 5 heteroatoms. The number of para-hydroxylation sites is 1. The molecule has 1 saturated heterocycles. The third kappa shape index (κ3) is 5.59. The molecule has 1 aromatic heterocycles. The van der Waals surface area contributed by atoms with Gasteiger partial charge in [-0.05, 0) is 49.5 Å². The smallest absolute Gasteiger partial charge is 0.244 e. The minimum absolute atomic E-state index is 0.139. The summed E-state index contributed by atoms with van der Waals surface area (Å²) in [4.78, 5) is 19.0. The molecular formula is C23H29N3O2. The highest BCUT2D eigenvalue weighted by Gasteiger charge is 2.16. The summed E-state index contributed by atoms with van der Waals surface area (Å²) in [6.07, 6.45) is 7.60. The highest BCUT2D eigenvalue weighted by molar-refractivity contribution is 5.92. The fourth-order valence-electron chi connectivity index (χ4n) is 3.26. The van der Waals surface area contributed by atoms with Crippen LogP contribution in [0.5, 0.6) is 5.75 Å². The molecule has 1 aliphatic heterocycles. The average Bonchev–Trinajstić information content (AvgIpc) is 2.73. The Morgan fingerprint density at radius 3 is 2.75 bits per heavy atom. The van der Waals surface area contributed by atoms with Crippen molar-refractivity contribution in [2.24, 2.45) is 5.92 Å². The van der Waals surface area contributed by atoms with Gasteiger partial charge in [-0.2, -0.15) is 0 Å². The Balaban J connectivity index is 1.51. The van der Waals surface area contributed by atoms with Crippen LogP contribution in [0.4, 0.5) is 5.82 Å². The zero-order chi connectivity index (χ0) is 19.8. The van der Waals surface area contributed by atoms with E-state index in [1.165, 1.54) is 18.9 Å². The van der Waals surface area contributed by atoms with E-state index in [4.69, 9.17) is 4.74 Å². The number of hydrogen-bond donors (Lipinski definition) is 1. The second-order valence-electron chi connectivity index (χ2n) is 7.22. The maximum atomic E-state index is 12.1. The van der Waals surface area contributed by atoms with Crippen molar-refractivity contribution in [2.75, 3.05) is 24.6 Å². The van der Waals surface area contributed by atoms with Gasteiger partial charge >= 0.3 is 0 Å². The summed E-state index contributed by atoms with van der Waals surface area (Å²) < 4.78 is 5.57. The number of aromatic nitrogens is 1. The summed E-state index contributed by atoms with van der Waals surface area (Å²) in [6, 6.07) is 11.8. The van der Waals surface area contributed by atoms with E-state index in [1.807, 2.05) is 49.5 Å². The predicted octanol–water partition coefficient (Wildman–Crippen LogP) is 4.05. The number of hydrogen-bond acceptors (Lipinski definition) is 4. The number of benzene rings is 1. The molecule has 28 heavy (non-hydrogen) atoms. The summed E-state index contributed by atoms with van der Waals surface area (Å²) in [5, 5.41) is 2.91. The molecule has 2 aromatic rings. The van der Waals surface area contributed by atoms with E-state index in [-0.39, 0.29) is 5.91 Å². The molecule has 1 aliphatic rings. The number of pyridine rings is 1. The van der Waals surface area contributed by atoms with Crippen LogP contribution in [0.1, 0.15) is 37.8 Å². The lowest BCUT2D eigenvalue weighted by molar-refractivity contribution is -0.116. The second kappa shape index (κ2) is 9.93. The standard InChI is InChI=1S/C23H29N3O2/c1-3-28-21-7-5-4-6-20(21)9-11-23(27)25-17-19-8-10-22(24-16-19)26-14-12-18(2)13-15-26/h4-11,16,18H,3,12-15,17H2,1-2H3,(H,25,27)/b11-9+. The normalized spacial score (nSPS) is 15.0. The molecule has 0 spiro atoms. The maximum absolute atomic E-state index is 12.1. The van der Waals surface area contributed by atoms with Crippen LogP contribution >= 0.6 is 0 Å². The van der Waals surface area contributed by atoms with Gasteiger partial charge in [0.05, 0.1) is 6.61 Å². The number of rotatable bonds is 7. The van der Waals surface area contributed by atoms with Crippen molar-refractivity contribution >= 4 is 17.8 Å². The highest BCUT2D eigenvalue weighted by Crippen LogP contribution is 2.21. The van der Waals surface area contributed by atoms with Gasteiger partial charge in [0.2, 0.25) is 5.91 Å². The number of carbonyl (C=O) groups is 1. The molecule has 148 valence electrons. The number of nitrogens with zero attached hydrogens (tertiary/aromatic N) is 2. The largest absolute Gasteiger partial charge is 0.493 e. The molecule has 0 bridgehead atoms. The molecule has 0 aliphatic carbocycles. The van der Waals surface area contributed by atoms with Gasteiger partial charge in [0.25, 0.3) is 0 Å². The van der Waals surface area contributed by atoms with Crippen LogP contribution in [0.15, 0.2) is 48.7 Å². The minimum Gasteiger partial charge on any atom is -0.493 e. The number of nitrogens with one attached hydrogen (secondary N) is 1. The van der Waals surface area contributed by atoms with Gasteiger partial charge in [-0.3, -0.25) is 4.79 Å². The lowest BCUT2D eigenvalue weighted by atomic mass is 9.99. The number of amides is 1. The molecule has 2 heterocycles. The van der Waals surface area contributed by atoms with Gasteiger partial charge in [0, 0.05) is 37.5 Å². The number of piperidine rings is 1. The van der Waals surface area contributed by atoms with E-state index >= 15 is 0 Å². The summed E-state index contributed by atoms with van der Waals surface area (Å²) in [5.41, 5.74) is 1.88. The summed E-state index contributed by atoms with van der Waals surface area (Å²) in [7, 11) is 0. The van der Waals surface area contributed by atoms with Crippen LogP contribution in [0.2, 0.25) is 0 Å². The van der Waals surface area contributed by atoms with Crippen molar-refractivity contribution in [1.82, 2.24) is 10.3 Å². The van der Waals surface area contributed by atoms with Crippen molar-refractivity contribution in [3.05, 3.63) is 59.8 Å². The summed E-state index contributed by atoms with van der Waals surface area (Å²) >= 11 is 0. The van der Waals surface area contributed by atoms with E-state index in [1.54, 1.807) is 6.08 Å². The Labute approximate surface area is 167 Å². The quantitative estimate of drug-likeness (QED) is 0.738. The van der Waals surface area contributed by atoms with Gasteiger partial charge in [-0.15, -0.1) is 0 Å². The molecule has 0 saturated carbocycles. The lowest BCUT2D eigenvalue weighted by Crippen LogP contribution is -2.33. The first-order chi connectivity index (χ1) is 13.7. The molecule has 1 aromatic carbocycles. The molecule has 0 unspecified atom stereocenters. The van der Waals surface area contributed by atoms with Crippen LogP contribution < -0.4 is 15.0 Å². The number of anilines is 1. The molecule has 5 nitrogen and oxygen atoms in total. The zero-order valence-corrected chi connectivity index (χ0v) is 16.7. The van der Waals surface area contributed by atoms with Gasteiger partial charge in [-0.25, -0.2) is 4.98 Å². The van der Waals surface area contributed by atoms with Crippen LogP contribution in [0, 0.1) is 5.92 Å². The molecule has 1 fully saturated rings. The molecule has 3 rings (SSSR count). The first-order valence-electron chi connectivity index (χ1n) is 10.0. The number of ether oxygens (including phenoxy) is 1. The fourth-order valence-corrected chi connectivity index (χ4v) is 3.26. The first-order valence-corrected chi connectivity index (χ1v) is 10.0. The van der Waals surface area contributed by atoms with E-state index in [2.05, 4.69) is 22.1 Å². The lowest BCUT2D eigenvalue weighted by Gasteiger charge is -2.31. The Hall–Kier alpha value is -2.82. The van der Waals surface area contributed by atoms with Crippen LogP contribution in [0.25, 0.3) is 6.08 Å². The monoisotopic (exact) mass is 379 g/mol. The zero-order valence-electron chi connectivity index (χ0n) is 16.7. The van der Waals surface area contributed by atoms with Gasteiger partial charge < -0.3 is 15.0 Å². The highest BCUT2D eigenvalue weighted by atomic mass is 16.5. The van der Waals surface area contributed by atoms with Gasteiger partial charge in [-0.1, -0.05) is 31.2 Å². The maximum Gasteiger partial charge on any atom is 0.244 e. The predicted molar refractivity (Wildman–Crippen MR) is 113 cm³/mol. The first kappa shape index (κ1) is 19.9. The molecular weight excluding hydrogens is 350 g/mol. The Bertz CT molecular complexity index is 794. The second-order valence-corrected chi connectivity index (χ2v) is 7.22. The Morgan fingerprint density at radius 1 is 1.25 bits per heavy atom. The average molecular weight is 380 g/mol. The van der Waals surface area contributed by atoms with Gasteiger partial charge in [0.1, 0.15) is 11.6 Å². The van der Waals surface area contributed by atoms with Crippen molar-refractivity contribution in [3.63, 3.8) is 0 Å². The fraction of sp³-hybridized carbons (Fsp3) is 0.391. The van der Waals surface area contributed by atoms with Crippen LogP contribution in [0.3, 0.4) is 0 Å². The molecule has 1 amide bonds. The van der Waals surface area contributed by atoms with E-state index in [9.17, 15) is 4.79 Å². The van der Waals surface area contributed by atoms with Crippen LogP contribution in [-0.2, 0) is 11.3 Å². The molecule has 0 atom stereocenters. The van der Waals surface area contributed by atoms with Crippen molar-refractivity contribution in [2.45, 2.75) is 33.2 Å². The molecule has 0 radical (unpaired) electrons. The van der Waals surface area contributed by atoms with E-state index in [0.717, 1.165) is 41.7 Å². The Morgan fingerprint density at radius 2 is 2.04 bits per heavy atom. The summed E-state index contributed by atoms with van der Waals surface area (Å²) in [5.74, 6) is 2.47. The Kier molecular flexibility index (Phi) is 7.06. The van der Waals surface area contributed by atoms with Crippen molar-refractivity contribution in [1.29, 1.82) is 0 Å². The third-order valence-corrected chi connectivity index (χ3v) is 5.02. The third-order valence-electron chi connectivity index (χ3n) is 5.02.